The van der Waals surface area contributed by atoms with E-state index < -0.39 is 0 Å². The van der Waals surface area contributed by atoms with Gasteiger partial charge in [-0.05, 0) is 87.6 Å². The van der Waals surface area contributed by atoms with Crippen LogP contribution in [0.4, 0.5) is 0 Å². The molecule has 6 heteroatoms. The Labute approximate surface area is 226 Å². The lowest BCUT2D eigenvalue weighted by Crippen LogP contribution is -2.25. The first kappa shape index (κ1) is 27.2. The molecule has 0 atom stereocenters. The van der Waals surface area contributed by atoms with Crippen molar-refractivity contribution in [3.63, 3.8) is 0 Å². The first-order valence-corrected chi connectivity index (χ1v) is 13.6. The minimum atomic E-state index is 0.0141. The predicted molar refractivity (Wildman–Crippen MR) is 153 cm³/mol. The molecule has 38 heavy (non-hydrogen) atoms. The van der Waals surface area contributed by atoms with Gasteiger partial charge in [0.25, 0.3) is 5.91 Å². The summed E-state index contributed by atoms with van der Waals surface area (Å²) in [5.74, 6) is 2.85. The van der Waals surface area contributed by atoms with Crippen LogP contribution in [0.3, 0.4) is 0 Å². The average molecular weight is 514 g/mol. The molecule has 0 aliphatic heterocycles. The summed E-state index contributed by atoms with van der Waals surface area (Å²) in [5.41, 5.74) is 5.20. The largest absolute Gasteiger partial charge is 0.497 e. The van der Waals surface area contributed by atoms with E-state index in [0.29, 0.717) is 13.2 Å². The van der Waals surface area contributed by atoms with Crippen LogP contribution in [0.2, 0.25) is 0 Å². The summed E-state index contributed by atoms with van der Waals surface area (Å²) in [6.45, 7) is 6.33. The minimum absolute atomic E-state index is 0.0141. The maximum Gasteiger partial charge on any atom is 0.251 e. The summed E-state index contributed by atoms with van der Waals surface area (Å²) in [4.78, 5) is 17.4. The van der Waals surface area contributed by atoms with Crippen molar-refractivity contribution in [2.45, 2.75) is 58.9 Å². The first-order valence-electron chi connectivity index (χ1n) is 13.6. The lowest BCUT2D eigenvalue weighted by atomic mass is 10.1. The SMILES string of the molecule is COc1ccc(OCCCCn2c(CCCCCNC(=O)c3ccc(C)cc3C)nc3ccccc32)cc1. The lowest BCUT2D eigenvalue weighted by Gasteiger charge is -2.11. The van der Waals surface area contributed by atoms with E-state index in [0.717, 1.165) is 79.0 Å². The Morgan fingerprint density at radius 1 is 0.895 bits per heavy atom. The number of unbranched alkanes of at least 4 members (excludes halogenated alkanes) is 3. The number of fused-ring (bicyclic) bond motifs is 1. The molecule has 1 aromatic heterocycles. The number of rotatable bonds is 14. The van der Waals surface area contributed by atoms with Gasteiger partial charge in [0.1, 0.15) is 17.3 Å². The van der Waals surface area contributed by atoms with Gasteiger partial charge in [0, 0.05) is 25.1 Å². The van der Waals surface area contributed by atoms with Gasteiger partial charge in [0.15, 0.2) is 0 Å². The standard InChI is InChI=1S/C32H39N3O3/c1-24-14-19-28(25(2)23-24)32(36)33-20-8-4-5-13-31-34-29-11-6-7-12-30(29)35(31)21-9-10-22-38-27-17-15-26(37-3)16-18-27/h6-7,11-12,14-19,23H,4-5,8-10,13,20-22H2,1-3H3,(H,33,36). The molecule has 1 amide bonds. The van der Waals surface area contributed by atoms with E-state index >= 15 is 0 Å². The van der Waals surface area contributed by atoms with Crippen LogP contribution < -0.4 is 14.8 Å². The van der Waals surface area contributed by atoms with Gasteiger partial charge in [0.2, 0.25) is 0 Å². The molecule has 0 fully saturated rings. The molecule has 4 aromatic rings. The molecule has 0 bridgehead atoms. The Kier molecular flexibility index (Phi) is 9.79. The van der Waals surface area contributed by atoms with Gasteiger partial charge in [-0.1, -0.05) is 36.2 Å². The molecule has 6 nitrogen and oxygen atoms in total. The molecular weight excluding hydrogens is 474 g/mol. The molecule has 1 N–H and O–H groups in total. The quantitative estimate of drug-likeness (QED) is 0.191. The summed E-state index contributed by atoms with van der Waals surface area (Å²) in [7, 11) is 1.66. The topological polar surface area (TPSA) is 65.4 Å². The third kappa shape index (κ3) is 7.37. The monoisotopic (exact) mass is 513 g/mol. The Morgan fingerprint density at radius 3 is 2.47 bits per heavy atom. The van der Waals surface area contributed by atoms with E-state index in [1.54, 1.807) is 7.11 Å². The van der Waals surface area contributed by atoms with Gasteiger partial charge < -0.3 is 19.4 Å². The normalized spacial score (nSPS) is 11.0. The van der Waals surface area contributed by atoms with Crippen LogP contribution in [-0.2, 0) is 13.0 Å². The van der Waals surface area contributed by atoms with E-state index in [1.807, 2.05) is 56.3 Å². The number of para-hydroxylation sites is 2. The van der Waals surface area contributed by atoms with Crippen LogP contribution in [0.5, 0.6) is 11.5 Å². The number of amides is 1. The van der Waals surface area contributed by atoms with Crippen LogP contribution >= 0.6 is 0 Å². The van der Waals surface area contributed by atoms with Gasteiger partial charge in [0.05, 0.1) is 24.8 Å². The molecule has 200 valence electrons. The van der Waals surface area contributed by atoms with Crippen molar-refractivity contribution in [2.24, 2.45) is 0 Å². The molecule has 0 saturated heterocycles. The fourth-order valence-electron chi connectivity index (χ4n) is 4.75. The zero-order chi connectivity index (χ0) is 26.7. The zero-order valence-electron chi connectivity index (χ0n) is 22.8. The first-order chi connectivity index (χ1) is 18.5. The second kappa shape index (κ2) is 13.7. The maximum atomic E-state index is 12.5. The number of carbonyl (C=O) groups is 1. The zero-order valence-corrected chi connectivity index (χ0v) is 22.8. The molecule has 1 heterocycles. The molecule has 0 spiro atoms. The number of hydrogen-bond acceptors (Lipinski definition) is 4. The Bertz CT molecular complexity index is 1330. The van der Waals surface area contributed by atoms with Crippen LogP contribution in [-0.4, -0.2) is 35.7 Å². The highest BCUT2D eigenvalue weighted by atomic mass is 16.5. The van der Waals surface area contributed by atoms with Crippen molar-refractivity contribution in [1.82, 2.24) is 14.9 Å². The number of imidazole rings is 1. The molecule has 0 radical (unpaired) electrons. The van der Waals surface area contributed by atoms with Crippen molar-refractivity contribution in [1.29, 1.82) is 0 Å². The third-order valence-corrected chi connectivity index (χ3v) is 6.83. The van der Waals surface area contributed by atoms with E-state index in [9.17, 15) is 4.79 Å². The molecule has 0 aliphatic rings. The number of aromatic nitrogens is 2. The van der Waals surface area contributed by atoms with Gasteiger partial charge in [-0.15, -0.1) is 0 Å². The number of hydrogen-bond donors (Lipinski definition) is 1. The summed E-state index contributed by atoms with van der Waals surface area (Å²) in [6.07, 6.45) is 5.98. The number of nitrogens with one attached hydrogen (secondary N) is 1. The predicted octanol–water partition coefficient (Wildman–Crippen LogP) is 6.66. The highest BCUT2D eigenvalue weighted by Crippen LogP contribution is 2.20. The number of carbonyl (C=O) groups excluding carboxylic acids is 1. The fourth-order valence-corrected chi connectivity index (χ4v) is 4.75. The third-order valence-electron chi connectivity index (χ3n) is 6.83. The van der Waals surface area contributed by atoms with Crippen LogP contribution in [0, 0.1) is 13.8 Å². The molecule has 4 rings (SSSR count). The summed E-state index contributed by atoms with van der Waals surface area (Å²) >= 11 is 0. The second-order valence-electron chi connectivity index (χ2n) is 9.78. The van der Waals surface area contributed by atoms with Crippen LogP contribution in [0.15, 0.2) is 66.7 Å². The Morgan fingerprint density at radius 2 is 1.68 bits per heavy atom. The second-order valence-corrected chi connectivity index (χ2v) is 9.78. The molecule has 3 aromatic carbocycles. The highest BCUT2D eigenvalue weighted by molar-refractivity contribution is 5.95. The molecular formula is C32H39N3O3. The minimum Gasteiger partial charge on any atom is -0.497 e. The molecule has 0 saturated carbocycles. The van der Waals surface area contributed by atoms with E-state index in [2.05, 4.69) is 34.1 Å². The highest BCUT2D eigenvalue weighted by Gasteiger charge is 2.11. The van der Waals surface area contributed by atoms with E-state index in [1.165, 1.54) is 11.1 Å². The summed E-state index contributed by atoms with van der Waals surface area (Å²) < 4.78 is 13.5. The fraction of sp³-hybridized carbons (Fsp3) is 0.375. The molecule has 0 aliphatic carbocycles. The van der Waals surface area contributed by atoms with Gasteiger partial charge in [-0.2, -0.15) is 0 Å². The average Bonchev–Trinajstić information content (AvgIpc) is 3.28. The van der Waals surface area contributed by atoms with Gasteiger partial charge in [-0.3, -0.25) is 4.79 Å². The van der Waals surface area contributed by atoms with Crippen molar-refractivity contribution in [3.8, 4) is 11.5 Å². The number of aryl methyl sites for hydroxylation is 4. The summed E-state index contributed by atoms with van der Waals surface area (Å²) in [6, 6.07) is 22.0. The van der Waals surface area contributed by atoms with Gasteiger partial charge >= 0.3 is 0 Å². The summed E-state index contributed by atoms with van der Waals surface area (Å²) in [5, 5.41) is 3.07. The maximum absolute atomic E-state index is 12.5. The van der Waals surface area contributed by atoms with Crippen molar-refractivity contribution < 1.29 is 14.3 Å². The Balaban J connectivity index is 1.21. The van der Waals surface area contributed by atoms with E-state index in [-0.39, 0.29) is 5.91 Å². The lowest BCUT2D eigenvalue weighted by molar-refractivity contribution is 0.0952. The Hall–Kier alpha value is -3.80. The number of nitrogens with zero attached hydrogens (tertiary/aromatic N) is 2. The van der Waals surface area contributed by atoms with Gasteiger partial charge in [-0.25, -0.2) is 4.98 Å². The van der Waals surface area contributed by atoms with Crippen LogP contribution in [0.25, 0.3) is 11.0 Å². The van der Waals surface area contributed by atoms with Crippen molar-refractivity contribution >= 4 is 16.9 Å². The molecule has 0 unspecified atom stereocenters. The van der Waals surface area contributed by atoms with Crippen LogP contribution in [0.1, 0.15) is 59.4 Å². The smallest absolute Gasteiger partial charge is 0.251 e. The number of benzene rings is 3. The number of ether oxygens (including phenoxy) is 2. The van der Waals surface area contributed by atoms with Crippen molar-refractivity contribution in [2.75, 3.05) is 20.3 Å². The number of methoxy groups -OCH3 is 1. The van der Waals surface area contributed by atoms with E-state index in [4.69, 9.17) is 14.5 Å². The van der Waals surface area contributed by atoms with Crippen molar-refractivity contribution in [3.05, 3.63) is 89.2 Å².